The van der Waals surface area contributed by atoms with E-state index in [4.69, 9.17) is 9.47 Å². The van der Waals surface area contributed by atoms with Crippen LogP contribution < -0.4 is 14.4 Å². The molecule has 3 aliphatic rings. The molecule has 1 aromatic heterocycles. The normalized spacial score (nSPS) is 20.8. The molecule has 0 spiro atoms. The maximum absolute atomic E-state index is 12.8. The van der Waals surface area contributed by atoms with E-state index < -0.39 is 6.10 Å². The number of hydrogen-bond donors (Lipinski definition) is 0. The molecule has 1 saturated heterocycles. The zero-order valence-corrected chi connectivity index (χ0v) is 15.3. The number of anilines is 1. The van der Waals surface area contributed by atoms with Crippen LogP contribution in [0.4, 0.5) is 5.82 Å². The van der Waals surface area contributed by atoms with Crippen molar-refractivity contribution >= 4 is 11.7 Å². The second kappa shape index (κ2) is 6.40. The first-order valence-electron chi connectivity index (χ1n) is 9.44. The van der Waals surface area contributed by atoms with Crippen molar-refractivity contribution in [3.63, 3.8) is 0 Å². The van der Waals surface area contributed by atoms with Gasteiger partial charge in [0.25, 0.3) is 5.91 Å². The Balaban J connectivity index is 1.20. The molecule has 1 fully saturated rings. The van der Waals surface area contributed by atoms with Crippen molar-refractivity contribution in [3.05, 3.63) is 41.6 Å². The second-order valence-corrected chi connectivity index (χ2v) is 7.40. The van der Waals surface area contributed by atoms with Crippen LogP contribution in [0.3, 0.4) is 0 Å². The second-order valence-electron chi connectivity index (χ2n) is 7.40. The molecule has 2 aliphatic heterocycles. The van der Waals surface area contributed by atoms with Crippen LogP contribution in [-0.4, -0.2) is 59.9 Å². The lowest BCUT2D eigenvalue weighted by Gasteiger charge is -2.45. The Morgan fingerprint density at radius 1 is 1.19 bits per heavy atom. The summed E-state index contributed by atoms with van der Waals surface area (Å²) in [6.45, 7) is 1.77. The molecule has 0 N–H and O–H groups in total. The molecule has 1 aliphatic carbocycles. The average Bonchev–Trinajstić information content (AvgIpc) is 3.13. The van der Waals surface area contributed by atoms with E-state index in [9.17, 15) is 4.79 Å². The minimum atomic E-state index is -0.598. The molecule has 2 aromatic rings. The van der Waals surface area contributed by atoms with E-state index >= 15 is 0 Å². The first-order chi connectivity index (χ1) is 13.2. The van der Waals surface area contributed by atoms with E-state index in [1.165, 1.54) is 12.0 Å². The van der Waals surface area contributed by atoms with E-state index in [1.54, 1.807) is 4.90 Å². The third-order valence-electron chi connectivity index (χ3n) is 5.67. The van der Waals surface area contributed by atoms with Crippen LogP contribution in [0.2, 0.25) is 0 Å². The Morgan fingerprint density at radius 2 is 2.00 bits per heavy atom. The van der Waals surface area contributed by atoms with Crippen molar-refractivity contribution in [2.24, 2.45) is 0 Å². The monoisotopic (exact) mass is 366 g/mol. The number of carbonyl (C=O) groups is 1. The van der Waals surface area contributed by atoms with Gasteiger partial charge in [0.15, 0.2) is 17.3 Å². The molecule has 1 unspecified atom stereocenters. The number of carbonyl (C=O) groups excluding carboxylic acids is 1. The molecule has 3 heterocycles. The van der Waals surface area contributed by atoms with Gasteiger partial charge in [0.2, 0.25) is 6.10 Å². The minimum absolute atomic E-state index is 0.0470. The predicted molar refractivity (Wildman–Crippen MR) is 99.2 cm³/mol. The fraction of sp³-hybridized carbons (Fsp3) is 0.450. The maximum Gasteiger partial charge on any atom is 0.267 e. The standard InChI is InChI=1S/C20H22N4O3/c1-23(20(25)18-12-26-16-7-2-3-8-17(16)27-18)14-10-24(11-14)19-9-13-5-4-6-15(13)21-22-19/h2-3,7-9,14,18H,4-6,10-12H2,1H3. The fourth-order valence-corrected chi connectivity index (χ4v) is 3.91. The first-order valence-corrected chi connectivity index (χ1v) is 9.44. The number of aryl methyl sites for hydroxylation is 2. The highest BCUT2D eigenvalue weighted by atomic mass is 16.6. The van der Waals surface area contributed by atoms with Crippen molar-refractivity contribution in [2.75, 3.05) is 31.6 Å². The van der Waals surface area contributed by atoms with Gasteiger partial charge in [-0.25, -0.2) is 0 Å². The predicted octanol–water partition coefficient (Wildman–Crippen LogP) is 1.45. The Hall–Kier alpha value is -2.83. The average molecular weight is 366 g/mol. The van der Waals surface area contributed by atoms with Gasteiger partial charge in [-0.3, -0.25) is 4.79 Å². The Kier molecular flexibility index (Phi) is 3.88. The van der Waals surface area contributed by atoms with Gasteiger partial charge < -0.3 is 19.3 Å². The van der Waals surface area contributed by atoms with E-state index in [0.29, 0.717) is 11.5 Å². The number of rotatable bonds is 3. The molecular formula is C20H22N4O3. The Bertz CT molecular complexity index is 881. The number of likely N-dealkylation sites (N-methyl/N-ethyl adjacent to an activating group) is 1. The van der Waals surface area contributed by atoms with E-state index in [1.807, 2.05) is 31.3 Å². The highest BCUT2D eigenvalue weighted by Crippen LogP contribution is 2.32. The SMILES string of the molecule is CN(C(=O)C1COc2ccccc2O1)C1CN(c2cc3c(nn2)CCC3)C1. The van der Waals surface area contributed by atoms with Gasteiger partial charge in [-0.1, -0.05) is 12.1 Å². The minimum Gasteiger partial charge on any atom is -0.485 e. The van der Waals surface area contributed by atoms with Crippen molar-refractivity contribution in [1.29, 1.82) is 0 Å². The van der Waals surface area contributed by atoms with Crippen molar-refractivity contribution in [2.45, 2.75) is 31.4 Å². The summed E-state index contributed by atoms with van der Waals surface area (Å²) in [7, 11) is 1.84. The van der Waals surface area contributed by atoms with Crippen LogP contribution in [0.15, 0.2) is 30.3 Å². The third kappa shape index (κ3) is 2.87. The van der Waals surface area contributed by atoms with Gasteiger partial charge in [-0.05, 0) is 43.0 Å². The smallest absolute Gasteiger partial charge is 0.267 e. The van der Waals surface area contributed by atoms with Gasteiger partial charge in [0.05, 0.1) is 11.7 Å². The number of hydrogen-bond acceptors (Lipinski definition) is 6. The van der Waals surface area contributed by atoms with Gasteiger partial charge in [-0.15, -0.1) is 5.10 Å². The van der Waals surface area contributed by atoms with Gasteiger partial charge in [0, 0.05) is 20.1 Å². The number of ether oxygens (including phenoxy) is 2. The molecule has 5 rings (SSSR count). The lowest BCUT2D eigenvalue weighted by Crippen LogP contribution is -2.62. The number of benzene rings is 1. The third-order valence-corrected chi connectivity index (χ3v) is 5.67. The molecule has 0 saturated carbocycles. The van der Waals surface area contributed by atoms with E-state index in [2.05, 4.69) is 21.2 Å². The van der Waals surface area contributed by atoms with Crippen LogP contribution in [0.1, 0.15) is 17.7 Å². The number of fused-ring (bicyclic) bond motifs is 2. The van der Waals surface area contributed by atoms with E-state index in [0.717, 1.165) is 37.4 Å². The van der Waals surface area contributed by atoms with Crippen LogP contribution >= 0.6 is 0 Å². The summed E-state index contributed by atoms with van der Waals surface area (Å²) < 4.78 is 11.5. The molecule has 7 nitrogen and oxygen atoms in total. The Labute approximate surface area is 157 Å². The highest BCUT2D eigenvalue weighted by Gasteiger charge is 2.38. The fourth-order valence-electron chi connectivity index (χ4n) is 3.91. The van der Waals surface area contributed by atoms with Crippen molar-refractivity contribution < 1.29 is 14.3 Å². The van der Waals surface area contributed by atoms with Crippen molar-refractivity contribution in [3.8, 4) is 11.5 Å². The summed E-state index contributed by atoms with van der Waals surface area (Å²) in [6.07, 6.45) is 2.70. The number of aromatic nitrogens is 2. The lowest BCUT2D eigenvalue weighted by molar-refractivity contribution is -0.142. The summed E-state index contributed by atoms with van der Waals surface area (Å²) in [5.41, 5.74) is 2.46. The number of amides is 1. The topological polar surface area (TPSA) is 67.8 Å². The summed E-state index contributed by atoms with van der Waals surface area (Å²) >= 11 is 0. The summed E-state index contributed by atoms with van der Waals surface area (Å²) in [5.74, 6) is 2.18. The summed E-state index contributed by atoms with van der Waals surface area (Å²) in [4.78, 5) is 16.8. The zero-order chi connectivity index (χ0) is 18.4. The largest absolute Gasteiger partial charge is 0.485 e. The molecule has 140 valence electrons. The first kappa shape index (κ1) is 16.4. The van der Waals surface area contributed by atoms with Crippen molar-refractivity contribution in [1.82, 2.24) is 15.1 Å². The quantitative estimate of drug-likeness (QED) is 0.819. The van der Waals surface area contributed by atoms with E-state index in [-0.39, 0.29) is 18.6 Å². The molecule has 1 amide bonds. The molecule has 7 heteroatoms. The van der Waals surface area contributed by atoms with Crippen LogP contribution in [0.5, 0.6) is 11.5 Å². The number of nitrogens with zero attached hydrogens (tertiary/aromatic N) is 4. The van der Waals surface area contributed by atoms with Crippen LogP contribution in [-0.2, 0) is 17.6 Å². The lowest BCUT2D eigenvalue weighted by atomic mass is 10.1. The van der Waals surface area contributed by atoms with Gasteiger partial charge in [0.1, 0.15) is 6.61 Å². The maximum atomic E-state index is 12.8. The summed E-state index contributed by atoms with van der Waals surface area (Å²) in [6, 6.07) is 9.74. The summed E-state index contributed by atoms with van der Waals surface area (Å²) in [5, 5.41) is 8.71. The number of para-hydroxylation sites is 2. The molecule has 1 aromatic carbocycles. The zero-order valence-electron chi connectivity index (χ0n) is 15.3. The molecule has 0 radical (unpaired) electrons. The van der Waals surface area contributed by atoms with Crippen LogP contribution in [0.25, 0.3) is 0 Å². The van der Waals surface area contributed by atoms with Gasteiger partial charge in [-0.2, -0.15) is 5.10 Å². The highest BCUT2D eigenvalue weighted by molar-refractivity contribution is 5.82. The van der Waals surface area contributed by atoms with Gasteiger partial charge >= 0.3 is 0 Å². The molecular weight excluding hydrogens is 344 g/mol. The molecule has 0 bridgehead atoms. The van der Waals surface area contributed by atoms with Crippen LogP contribution in [0, 0.1) is 0 Å². The molecule has 27 heavy (non-hydrogen) atoms. The molecule has 1 atom stereocenters. The Morgan fingerprint density at radius 3 is 2.85 bits per heavy atom.